The van der Waals surface area contributed by atoms with Gasteiger partial charge in [-0.05, 0) is 70.1 Å². The molecule has 2 aromatic rings. The fraction of sp³-hybridized carbons (Fsp3) is 0.409. The van der Waals surface area contributed by atoms with Crippen molar-refractivity contribution in [3.8, 4) is 11.5 Å². The van der Waals surface area contributed by atoms with Crippen LogP contribution in [0.3, 0.4) is 0 Å². The summed E-state index contributed by atoms with van der Waals surface area (Å²) in [5.41, 5.74) is 2.14. The first kappa shape index (κ1) is 20.8. The number of nitrogens with zero attached hydrogens (tertiary/aromatic N) is 2. The topological polar surface area (TPSA) is 89.3 Å². The molecule has 1 aliphatic rings. The number of likely N-dealkylation sites (tertiary alicyclic amines) is 1. The minimum Gasteiger partial charge on any atom is -0.490 e. The molecule has 0 saturated carbocycles. The fourth-order valence-electron chi connectivity index (χ4n) is 3.36. The van der Waals surface area contributed by atoms with E-state index in [4.69, 9.17) is 14.9 Å². The smallest absolute Gasteiger partial charge is 0.339 e. The molecule has 0 aliphatic carbocycles. The Morgan fingerprint density at radius 2 is 1.79 bits per heavy atom. The number of aromatic nitrogens is 1. The van der Waals surface area contributed by atoms with E-state index < -0.39 is 0 Å². The summed E-state index contributed by atoms with van der Waals surface area (Å²) in [6.45, 7) is 7.79. The summed E-state index contributed by atoms with van der Waals surface area (Å²) in [4.78, 5) is 19.5. The third kappa shape index (κ3) is 5.54. The number of carbonyl (C=O) groups is 1. The highest BCUT2D eigenvalue weighted by molar-refractivity contribution is 6.10. The minimum absolute atomic E-state index is 0.298. The standard InChI is InChI=1S/C22H28N4O3/c1-3-28-19-8-7-17(14-20(19)29-4-2)22(27)25-21(23)16-9-10-24-18(13-16)15-26-11-5-6-12-26/h7-10,13-14H,3-6,11-12,15H2,1-2H3,(H2,23,25,27)/p+1. The number of carbonyl (C=O) groups excluding carboxylic acids is 1. The molecule has 1 fully saturated rings. The number of ether oxygens (including phenoxy) is 2. The molecule has 0 atom stereocenters. The van der Waals surface area contributed by atoms with Crippen LogP contribution in [0.5, 0.6) is 11.5 Å². The van der Waals surface area contributed by atoms with Crippen LogP contribution in [0.15, 0.2) is 36.5 Å². The summed E-state index contributed by atoms with van der Waals surface area (Å²) in [6.07, 6.45) is 4.19. The van der Waals surface area contributed by atoms with Crippen LogP contribution in [0.2, 0.25) is 0 Å². The van der Waals surface area contributed by atoms with Gasteiger partial charge in [-0.1, -0.05) is 0 Å². The van der Waals surface area contributed by atoms with Gasteiger partial charge in [-0.25, -0.2) is 10.1 Å². The molecule has 7 heteroatoms. The van der Waals surface area contributed by atoms with E-state index in [9.17, 15) is 4.79 Å². The summed E-state index contributed by atoms with van der Waals surface area (Å²) in [5.74, 6) is 1.15. The van der Waals surface area contributed by atoms with Gasteiger partial charge in [0.2, 0.25) is 0 Å². The Morgan fingerprint density at radius 3 is 2.52 bits per heavy atom. The van der Waals surface area contributed by atoms with Gasteiger partial charge in [0.15, 0.2) is 11.5 Å². The van der Waals surface area contributed by atoms with Gasteiger partial charge in [-0.2, -0.15) is 0 Å². The van der Waals surface area contributed by atoms with Gasteiger partial charge in [0.05, 0.1) is 30.0 Å². The maximum atomic E-state index is 12.7. The zero-order valence-electron chi connectivity index (χ0n) is 17.1. The van der Waals surface area contributed by atoms with E-state index in [1.807, 2.05) is 19.9 Å². The molecule has 7 nitrogen and oxygen atoms in total. The number of amides is 1. The molecule has 0 unspecified atom stereocenters. The lowest BCUT2D eigenvalue weighted by atomic mass is 10.1. The summed E-state index contributed by atoms with van der Waals surface area (Å²) in [7, 11) is 0. The van der Waals surface area contributed by atoms with Crippen LogP contribution in [0, 0.1) is 0 Å². The lowest BCUT2D eigenvalue weighted by Crippen LogP contribution is -2.51. The lowest BCUT2D eigenvalue weighted by Gasteiger charge is -2.14. The lowest BCUT2D eigenvalue weighted by molar-refractivity contribution is -0.116. The number of pyridine rings is 1. The van der Waals surface area contributed by atoms with Crippen molar-refractivity contribution in [3.05, 3.63) is 53.3 Å². The second-order valence-corrected chi connectivity index (χ2v) is 6.91. The number of nitrogens with one attached hydrogen (secondary N) is 1. The number of nitrogens with two attached hydrogens (primary N) is 1. The van der Waals surface area contributed by atoms with Gasteiger partial charge < -0.3 is 9.47 Å². The van der Waals surface area contributed by atoms with Gasteiger partial charge in [0.1, 0.15) is 0 Å². The average Bonchev–Trinajstić information content (AvgIpc) is 3.23. The Bertz CT molecular complexity index is 863. The second-order valence-electron chi connectivity index (χ2n) is 6.91. The first-order valence-electron chi connectivity index (χ1n) is 10.1. The molecular weight excluding hydrogens is 368 g/mol. The molecule has 29 heavy (non-hydrogen) atoms. The van der Waals surface area contributed by atoms with E-state index in [0.29, 0.717) is 36.1 Å². The van der Waals surface area contributed by atoms with E-state index in [2.05, 4.69) is 15.2 Å². The Labute approximate surface area is 171 Å². The summed E-state index contributed by atoms with van der Waals surface area (Å²) < 4.78 is 11.1. The fourth-order valence-corrected chi connectivity index (χ4v) is 3.36. The Morgan fingerprint density at radius 1 is 1.07 bits per heavy atom. The predicted octanol–water partition coefficient (Wildman–Crippen LogP) is 1.41. The Balaban J connectivity index is 1.68. The van der Waals surface area contributed by atoms with Crippen LogP contribution in [-0.4, -0.2) is 47.9 Å². The molecular formula is C22H29N4O3+. The molecule has 1 amide bonds. The van der Waals surface area contributed by atoms with Crippen molar-refractivity contribution in [2.45, 2.75) is 33.2 Å². The molecule has 1 aliphatic heterocycles. The molecule has 3 rings (SSSR count). The monoisotopic (exact) mass is 397 g/mol. The number of benzene rings is 1. The first-order chi connectivity index (χ1) is 14.1. The van der Waals surface area contributed by atoms with E-state index in [-0.39, 0.29) is 5.91 Å². The van der Waals surface area contributed by atoms with Gasteiger partial charge in [0, 0.05) is 12.7 Å². The van der Waals surface area contributed by atoms with Gasteiger partial charge >= 0.3 is 5.91 Å². The largest absolute Gasteiger partial charge is 0.490 e. The van der Waals surface area contributed by atoms with Crippen LogP contribution in [0.1, 0.15) is 48.3 Å². The second kappa shape index (κ2) is 10.0. The zero-order chi connectivity index (χ0) is 20.6. The molecule has 0 bridgehead atoms. The highest BCUT2D eigenvalue weighted by Gasteiger charge is 2.19. The highest BCUT2D eigenvalue weighted by Crippen LogP contribution is 2.28. The van der Waals surface area contributed by atoms with E-state index in [1.54, 1.807) is 30.5 Å². The Hall–Kier alpha value is -2.93. The molecule has 1 aromatic heterocycles. The number of hydrogen-bond acceptors (Lipinski definition) is 5. The van der Waals surface area contributed by atoms with Gasteiger partial charge in [-0.3, -0.25) is 15.3 Å². The SMILES string of the molecule is CCOc1ccc(C(=O)NC(=[NH2+])c2ccnc(CN3CCCC3)c2)cc1OCC. The predicted molar refractivity (Wildman–Crippen MR) is 111 cm³/mol. The summed E-state index contributed by atoms with van der Waals surface area (Å²) in [6, 6.07) is 8.83. The average molecular weight is 397 g/mol. The van der Waals surface area contributed by atoms with Crippen molar-refractivity contribution in [3.63, 3.8) is 0 Å². The van der Waals surface area contributed by atoms with Crippen LogP contribution in [0.4, 0.5) is 0 Å². The molecule has 3 N–H and O–H groups in total. The number of hydrogen-bond donors (Lipinski definition) is 2. The maximum absolute atomic E-state index is 12.7. The van der Waals surface area contributed by atoms with Crippen LogP contribution in [0.25, 0.3) is 0 Å². The summed E-state index contributed by atoms with van der Waals surface area (Å²) >= 11 is 0. The molecule has 0 spiro atoms. The van der Waals surface area contributed by atoms with Gasteiger partial charge in [0.25, 0.3) is 5.84 Å². The van der Waals surface area contributed by atoms with Crippen molar-refractivity contribution in [1.29, 1.82) is 0 Å². The Kier molecular flexibility index (Phi) is 7.19. The minimum atomic E-state index is -0.301. The van der Waals surface area contributed by atoms with Crippen LogP contribution < -0.4 is 20.2 Å². The van der Waals surface area contributed by atoms with Crippen molar-refractivity contribution in [1.82, 2.24) is 15.2 Å². The van der Waals surface area contributed by atoms with Crippen molar-refractivity contribution < 1.29 is 19.7 Å². The third-order valence-electron chi connectivity index (χ3n) is 4.77. The van der Waals surface area contributed by atoms with Crippen molar-refractivity contribution >= 4 is 11.7 Å². The maximum Gasteiger partial charge on any atom is 0.339 e. The van der Waals surface area contributed by atoms with E-state index in [0.717, 1.165) is 30.9 Å². The van der Waals surface area contributed by atoms with Crippen LogP contribution in [-0.2, 0) is 6.54 Å². The molecule has 0 radical (unpaired) electrons. The molecule has 2 heterocycles. The van der Waals surface area contributed by atoms with E-state index >= 15 is 0 Å². The quantitative estimate of drug-likeness (QED) is 0.519. The van der Waals surface area contributed by atoms with Crippen molar-refractivity contribution in [2.75, 3.05) is 26.3 Å². The first-order valence-corrected chi connectivity index (χ1v) is 10.1. The number of rotatable bonds is 8. The summed E-state index contributed by atoms with van der Waals surface area (Å²) in [5, 5.41) is 8.94. The normalized spacial score (nSPS) is 13.9. The molecule has 154 valence electrons. The van der Waals surface area contributed by atoms with E-state index in [1.165, 1.54) is 12.8 Å². The zero-order valence-corrected chi connectivity index (χ0v) is 17.1. The molecule has 1 saturated heterocycles. The van der Waals surface area contributed by atoms with Crippen molar-refractivity contribution in [2.24, 2.45) is 0 Å². The van der Waals surface area contributed by atoms with Gasteiger partial charge in [-0.15, -0.1) is 0 Å². The molecule has 1 aromatic carbocycles. The number of amidine groups is 1. The third-order valence-corrected chi connectivity index (χ3v) is 4.77. The van der Waals surface area contributed by atoms with Crippen LogP contribution >= 0.6 is 0 Å². The highest BCUT2D eigenvalue weighted by atomic mass is 16.5.